The van der Waals surface area contributed by atoms with Crippen LogP contribution in [0.3, 0.4) is 0 Å². The van der Waals surface area contributed by atoms with Gasteiger partial charge in [0.25, 0.3) is 6.43 Å². The van der Waals surface area contributed by atoms with E-state index in [4.69, 9.17) is 5.11 Å². The topological polar surface area (TPSA) is 67.3 Å². The second-order valence-corrected chi connectivity index (χ2v) is 4.78. The molecule has 1 N–H and O–H groups in total. The summed E-state index contributed by atoms with van der Waals surface area (Å²) in [5, 5.41) is 8.85. The minimum Gasteiger partial charge on any atom is -0.478 e. The number of pyridine rings is 1. The van der Waals surface area contributed by atoms with E-state index in [1.165, 1.54) is 0 Å². The maximum absolute atomic E-state index is 13.3. The third-order valence-corrected chi connectivity index (χ3v) is 2.72. The number of aryl methyl sites for hydroxylation is 1. The first-order chi connectivity index (χ1) is 9.12. The number of nitrogens with zero attached hydrogens (tertiary/aromatic N) is 1. The number of Topliss-reactive ketones (excluding diaryl/α,β-unsaturated/α-hetero) is 1. The van der Waals surface area contributed by atoms with Crippen LogP contribution in [0.25, 0.3) is 0 Å². The molecule has 0 atom stereocenters. The van der Waals surface area contributed by atoms with Crippen molar-refractivity contribution in [2.24, 2.45) is 0 Å². The molecule has 1 heterocycles. The molecule has 0 radical (unpaired) electrons. The highest BCUT2D eigenvalue weighted by Crippen LogP contribution is 2.22. The minimum atomic E-state index is -3.00. The lowest BCUT2D eigenvalue weighted by molar-refractivity contribution is -0.128. The van der Waals surface area contributed by atoms with E-state index >= 15 is 0 Å². The van der Waals surface area contributed by atoms with Crippen LogP contribution in [0.15, 0.2) is 12.3 Å². The molecule has 0 spiro atoms. The van der Waals surface area contributed by atoms with Gasteiger partial charge in [-0.05, 0) is 31.9 Å². The summed E-state index contributed by atoms with van der Waals surface area (Å²) in [6.07, 6.45) is -2.03. The zero-order chi connectivity index (χ0) is 15.5. The zero-order valence-electron chi connectivity index (χ0n) is 11.0. The van der Waals surface area contributed by atoms with Gasteiger partial charge >= 0.3 is 5.97 Å². The summed E-state index contributed by atoms with van der Waals surface area (Å²) in [7, 11) is 0. The van der Waals surface area contributed by atoms with Crippen LogP contribution >= 0.6 is 0 Å². The van der Waals surface area contributed by atoms with E-state index < -0.39 is 35.1 Å². The van der Waals surface area contributed by atoms with Crippen LogP contribution in [0.1, 0.15) is 48.3 Å². The smallest absolute Gasteiger partial charge is 0.337 e. The van der Waals surface area contributed by atoms with E-state index in [-0.39, 0.29) is 12.8 Å². The van der Waals surface area contributed by atoms with E-state index in [2.05, 4.69) is 4.98 Å². The Labute approximate surface area is 113 Å². The molecule has 20 heavy (non-hydrogen) atoms. The van der Waals surface area contributed by atoms with Gasteiger partial charge in [0.2, 0.25) is 0 Å². The fraction of sp³-hybridized carbons (Fsp3) is 0.462. The van der Waals surface area contributed by atoms with Crippen LogP contribution in [0, 0.1) is 0 Å². The van der Waals surface area contributed by atoms with Crippen molar-refractivity contribution in [1.82, 2.24) is 4.98 Å². The number of hydrogen-bond donors (Lipinski definition) is 1. The predicted octanol–water partition coefficient (Wildman–Crippen LogP) is 2.97. The van der Waals surface area contributed by atoms with Crippen molar-refractivity contribution in [2.75, 3.05) is 0 Å². The third-order valence-electron chi connectivity index (χ3n) is 2.72. The molecular weight excluding hydrogens is 275 g/mol. The summed E-state index contributed by atoms with van der Waals surface area (Å²) in [6, 6.07) is 1.04. The largest absolute Gasteiger partial charge is 0.478 e. The molecule has 0 aliphatic rings. The summed E-state index contributed by atoms with van der Waals surface area (Å²) >= 11 is 0. The average Bonchev–Trinajstić information content (AvgIpc) is 2.34. The predicted molar refractivity (Wildman–Crippen MR) is 64.7 cm³/mol. The van der Waals surface area contributed by atoms with Gasteiger partial charge in [0, 0.05) is 12.6 Å². The zero-order valence-corrected chi connectivity index (χ0v) is 11.0. The molecule has 0 aromatic carbocycles. The Bertz CT molecular complexity index is 524. The van der Waals surface area contributed by atoms with Crippen LogP contribution in [0.4, 0.5) is 13.2 Å². The molecule has 1 rings (SSSR count). The fourth-order valence-electron chi connectivity index (χ4n) is 1.56. The van der Waals surface area contributed by atoms with Gasteiger partial charge in [0.05, 0.1) is 5.56 Å². The van der Waals surface area contributed by atoms with E-state index in [9.17, 15) is 22.8 Å². The highest BCUT2D eigenvalue weighted by molar-refractivity contribution is 5.89. The number of carbonyl (C=O) groups is 2. The third kappa shape index (κ3) is 4.04. The minimum absolute atomic E-state index is 0.0446. The van der Waals surface area contributed by atoms with Gasteiger partial charge in [-0.3, -0.25) is 9.78 Å². The summed E-state index contributed by atoms with van der Waals surface area (Å²) in [6.45, 7) is 2.24. The Balaban J connectivity index is 2.91. The number of aromatic carboxylic acids is 1. The molecule has 0 saturated carbocycles. The standard InChI is InChI=1S/C13H14F3NO3/c1-13(2,16)9(18)4-3-7-5-8(12(19)20)10(11(14)15)17-6-7/h5-6,11H,3-4H2,1-2H3,(H,19,20). The van der Waals surface area contributed by atoms with Gasteiger partial charge in [-0.25, -0.2) is 18.0 Å². The van der Waals surface area contributed by atoms with E-state index in [1.54, 1.807) is 0 Å². The van der Waals surface area contributed by atoms with Gasteiger partial charge < -0.3 is 5.11 Å². The number of halogens is 3. The van der Waals surface area contributed by atoms with Crippen molar-refractivity contribution in [3.8, 4) is 0 Å². The lowest BCUT2D eigenvalue weighted by Crippen LogP contribution is -2.26. The van der Waals surface area contributed by atoms with Crippen molar-refractivity contribution in [1.29, 1.82) is 0 Å². The maximum atomic E-state index is 13.3. The molecule has 0 fully saturated rings. The average molecular weight is 289 g/mol. The van der Waals surface area contributed by atoms with Crippen molar-refractivity contribution in [2.45, 2.75) is 38.8 Å². The van der Waals surface area contributed by atoms with Crippen LogP contribution in [0.2, 0.25) is 0 Å². The number of ketones is 1. The van der Waals surface area contributed by atoms with Gasteiger partial charge in [0.1, 0.15) is 5.69 Å². The molecule has 1 aromatic heterocycles. The van der Waals surface area contributed by atoms with Crippen molar-refractivity contribution in [3.63, 3.8) is 0 Å². The molecular formula is C13H14F3NO3. The van der Waals surface area contributed by atoms with Gasteiger partial charge in [-0.2, -0.15) is 0 Å². The summed E-state index contributed by atoms with van der Waals surface area (Å²) in [4.78, 5) is 25.7. The van der Waals surface area contributed by atoms with E-state index in [1.807, 2.05) is 0 Å². The summed E-state index contributed by atoms with van der Waals surface area (Å²) in [5.41, 5.74) is -3.11. The first-order valence-electron chi connectivity index (χ1n) is 5.85. The van der Waals surface area contributed by atoms with Crippen LogP contribution in [0.5, 0.6) is 0 Å². The maximum Gasteiger partial charge on any atom is 0.337 e. The Morgan fingerprint density at radius 1 is 1.40 bits per heavy atom. The monoisotopic (exact) mass is 289 g/mol. The number of alkyl halides is 3. The van der Waals surface area contributed by atoms with Crippen molar-refractivity contribution in [3.05, 3.63) is 29.1 Å². The molecule has 0 aliphatic carbocycles. The molecule has 7 heteroatoms. The van der Waals surface area contributed by atoms with Gasteiger partial charge in [-0.1, -0.05) is 0 Å². The Hall–Kier alpha value is -1.92. The summed E-state index contributed by atoms with van der Waals surface area (Å²) in [5.74, 6) is -2.17. The molecule has 110 valence electrons. The quantitative estimate of drug-likeness (QED) is 0.874. The fourth-order valence-corrected chi connectivity index (χ4v) is 1.56. The second kappa shape index (κ2) is 6.02. The second-order valence-electron chi connectivity index (χ2n) is 4.78. The number of carbonyl (C=O) groups excluding carboxylic acids is 1. The van der Waals surface area contributed by atoms with Gasteiger partial charge in [0.15, 0.2) is 11.5 Å². The molecule has 4 nitrogen and oxygen atoms in total. The SMILES string of the molecule is CC(C)(F)C(=O)CCc1cnc(C(F)F)c(C(=O)O)c1. The Kier molecular flexibility index (Phi) is 4.86. The number of carboxylic acids is 1. The van der Waals surface area contributed by atoms with Crippen LogP contribution in [-0.4, -0.2) is 27.5 Å². The van der Waals surface area contributed by atoms with Gasteiger partial charge in [-0.15, -0.1) is 0 Å². The van der Waals surface area contributed by atoms with E-state index in [0.29, 0.717) is 5.56 Å². The van der Waals surface area contributed by atoms with Crippen molar-refractivity contribution < 1.29 is 27.9 Å². The molecule has 0 bridgehead atoms. The number of carboxylic acid groups (broad SMARTS) is 1. The van der Waals surface area contributed by atoms with Crippen molar-refractivity contribution >= 4 is 11.8 Å². The Morgan fingerprint density at radius 3 is 2.45 bits per heavy atom. The molecule has 0 unspecified atom stereocenters. The first kappa shape index (κ1) is 16.1. The number of rotatable bonds is 6. The highest BCUT2D eigenvalue weighted by atomic mass is 19.3. The molecule has 0 saturated heterocycles. The molecule has 0 amide bonds. The lowest BCUT2D eigenvalue weighted by Gasteiger charge is -2.12. The van der Waals surface area contributed by atoms with E-state index in [0.717, 1.165) is 26.1 Å². The number of aromatic nitrogens is 1. The lowest BCUT2D eigenvalue weighted by atomic mass is 9.98. The Morgan fingerprint density at radius 2 is 2.00 bits per heavy atom. The van der Waals surface area contributed by atoms with Crippen LogP contribution < -0.4 is 0 Å². The normalized spacial score (nSPS) is 11.7. The summed E-state index contributed by atoms with van der Waals surface area (Å²) < 4.78 is 38.4. The van der Waals surface area contributed by atoms with Crippen LogP contribution in [-0.2, 0) is 11.2 Å². The first-order valence-corrected chi connectivity index (χ1v) is 5.85. The number of hydrogen-bond acceptors (Lipinski definition) is 3. The highest BCUT2D eigenvalue weighted by Gasteiger charge is 2.26. The molecule has 0 aliphatic heterocycles. The molecule has 1 aromatic rings.